The average Bonchev–Trinajstić information content (AvgIpc) is 3.28. The van der Waals surface area contributed by atoms with Crippen LogP contribution in [0.25, 0.3) is 0 Å². The number of ether oxygens (including phenoxy) is 2. The van der Waals surface area contributed by atoms with E-state index >= 15 is 0 Å². The van der Waals surface area contributed by atoms with Crippen LogP contribution in [0.15, 0.2) is 18.2 Å². The molecule has 0 amide bonds. The number of hydrogen-bond donors (Lipinski definition) is 1. The third-order valence-electron chi connectivity index (χ3n) is 4.95. The number of fused-ring (bicyclic) bond motifs is 1. The van der Waals surface area contributed by atoms with Crippen LogP contribution in [0.5, 0.6) is 11.5 Å². The van der Waals surface area contributed by atoms with E-state index < -0.39 is 0 Å². The van der Waals surface area contributed by atoms with Gasteiger partial charge in [-0.3, -0.25) is 4.90 Å². The normalized spacial score (nSPS) is 28.8. The fourth-order valence-electron chi connectivity index (χ4n) is 3.88. The van der Waals surface area contributed by atoms with Crippen molar-refractivity contribution in [1.82, 2.24) is 10.2 Å². The molecule has 2 atom stereocenters. The minimum Gasteiger partial charge on any atom is -0.486 e. The Balaban J connectivity index is 1.64. The fraction of sp³-hybridized carbons (Fsp3) is 0.647. The molecule has 114 valence electrons. The van der Waals surface area contributed by atoms with Crippen molar-refractivity contribution in [3.05, 3.63) is 23.8 Å². The molecule has 0 spiro atoms. The summed E-state index contributed by atoms with van der Waals surface area (Å²) >= 11 is 0. The Morgan fingerprint density at radius 1 is 1.14 bits per heavy atom. The number of benzene rings is 1. The number of nitrogens with zero attached hydrogens (tertiary/aromatic N) is 1. The molecule has 1 saturated heterocycles. The zero-order valence-corrected chi connectivity index (χ0v) is 12.7. The summed E-state index contributed by atoms with van der Waals surface area (Å²) in [7, 11) is 2.06. The lowest BCUT2D eigenvalue weighted by Gasteiger charge is -2.30. The maximum absolute atomic E-state index is 5.77. The van der Waals surface area contributed by atoms with Crippen molar-refractivity contribution in [3.63, 3.8) is 0 Å². The van der Waals surface area contributed by atoms with Crippen LogP contribution >= 0.6 is 0 Å². The van der Waals surface area contributed by atoms with Crippen LogP contribution in [-0.2, 0) is 0 Å². The molecule has 2 unspecified atom stereocenters. The predicted molar refractivity (Wildman–Crippen MR) is 81.9 cm³/mol. The van der Waals surface area contributed by atoms with Gasteiger partial charge >= 0.3 is 0 Å². The predicted octanol–water partition coefficient (Wildman–Crippen LogP) is 2.20. The molecule has 3 aliphatic rings. The summed E-state index contributed by atoms with van der Waals surface area (Å²) in [5.74, 6) is 2.51. The second-order valence-corrected chi connectivity index (χ2v) is 6.42. The first kappa shape index (κ1) is 13.4. The van der Waals surface area contributed by atoms with Crippen LogP contribution < -0.4 is 14.8 Å². The van der Waals surface area contributed by atoms with E-state index in [1.807, 2.05) is 0 Å². The molecule has 2 heterocycles. The Bertz CT molecular complexity index is 516. The quantitative estimate of drug-likeness (QED) is 0.921. The fourth-order valence-corrected chi connectivity index (χ4v) is 3.88. The lowest BCUT2D eigenvalue weighted by Crippen LogP contribution is -2.30. The van der Waals surface area contributed by atoms with E-state index in [1.54, 1.807) is 0 Å². The van der Waals surface area contributed by atoms with Gasteiger partial charge in [0.15, 0.2) is 11.5 Å². The van der Waals surface area contributed by atoms with Crippen LogP contribution in [-0.4, -0.2) is 44.3 Å². The van der Waals surface area contributed by atoms with E-state index in [0.29, 0.717) is 25.2 Å². The van der Waals surface area contributed by atoms with Gasteiger partial charge in [0.2, 0.25) is 0 Å². The summed E-state index contributed by atoms with van der Waals surface area (Å²) in [5.41, 5.74) is 1.39. The Kier molecular flexibility index (Phi) is 3.51. The Morgan fingerprint density at radius 2 is 1.95 bits per heavy atom. The first-order valence-electron chi connectivity index (χ1n) is 8.16. The standard InChI is InChI=1S/C17H24N2O2/c1-18-11-13-6-7-19(14-3-4-14)17(13)12-2-5-15-16(10-12)21-9-8-20-15/h2,5,10,13-14,17-18H,3-4,6-9,11H2,1H3. The van der Waals surface area contributed by atoms with Gasteiger partial charge in [0, 0.05) is 12.1 Å². The van der Waals surface area contributed by atoms with Crippen molar-refractivity contribution in [2.45, 2.75) is 31.3 Å². The molecule has 0 radical (unpaired) electrons. The van der Waals surface area contributed by atoms with Gasteiger partial charge in [0.1, 0.15) is 13.2 Å². The van der Waals surface area contributed by atoms with Crippen molar-refractivity contribution >= 4 is 0 Å². The number of nitrogens with one attached hydrogen (secondary N) is 1. The molecular weight excluding hydrogens is 264 g/mol. The largest absolute Gasteiger partial charge is 0.486 e. The third-order valence-corrected chi connectivity index (χ3v) is 4.95. The highest BCUT2D eigenvalue weighted by molar-refractivity contribution is 5.45. The van der Waals surface area contributed by atoms with Crippen molar-refractivity contribution in [3.8, 4) is 11.5 Å². The lowest BCUT2D eigenvalue weighted by atomic mass is 9.93. The van der Waals surface area contributed by atoms with E-state index in [1.165, 1.54) is 31.4 Å². The van der Waals surface area contributed by atoms with E-state index in [4.69, 9.17) is 9.47 Å². The van der Waals surface area contributed by atoms with Crippen LogP contribution in [0.4, 0.5) is 0 Å². The summed E-state index contributed by atoms with van der Waals surface area (Å²) in [4.78, 5) is 2.72. The second kappa shape index (κ2) is 5.50. The molecule has 21 heavy (non-hydrogen) atoms. The first-order chi connectivity index (χ1) is 10.4. The summed E-state index contributed by atoms with van der Waals surface area (Å²) in [6, 6.07) is 7.87. The Labute approximate surface area is 126 Å². The van der Waals surface area contributed by atoms with Crippen molar-refractivity contribution < 1.29 is 9.47 Å². The number of rotatable bonds is 4. The van der Waals surface area contributed by atoms with Crippen LogP contribution in [0.2, 0.25) is 0 Å². The summed E-state index contributed by atoms with van der Waals surface area (Å²) in [6.45, 7) is 3.64. The van der Waals surface area contributed by atoms with Crippen LogP contribution in [0, 0.1) is 5.92 Å². The van der Waals surface area contributed by atoms with Crippen molar-refractivity contribution in [2.24, 2.45) is 5.92 Å². The van der Waals surface area contributed by atoms with E-state index in [0.717, 1.165) is 24.1 Å². The Morgan fingerprint density at radius 3 is 2.71 bits per heavy atom. The van der Waals surface area contributed by atoms with Crippen LogP contribution in [0.3, 0.4) is 0 Å². The van der Waals surface area contributed by atoms with Gasteiger partial charge in [-0.25, -0.2) is 0 Å². The molecule has 0 bridgehead atoms. The first-order valence-corrected chi connectivity index (χ1v) is 8.16. The van der Waals surface area contributed by atoms with E-state index in [2.05, 4.69) is 35.5 Å². The number of hydrogen-bond acceptors (Lipinski definition) is 4. The van der Waals surface area contributed by atoms with Gasteiger partial charge in [-0.05, 0) is 63.0 Å². The van der Waals surface area contributed by atoms with Gasteiger partial charge in [-0.15, -0.1) is 0 Å². The summed E-state index contributed by atoms with van der Waals surface area (Å²) < 4.78 is 11.4. The molecule has 1 saturated carbocycles. The molecule has 1 aliphatic carbocycles. The highest BCUT2D eigenvalue weighted by Gasteiger charge is 2.42. The maximum atomic E-state index is 5.77. The average molecular weight is 288 g/mol. The highest BCUT2D eigenvalue weighted by Crippen LogP contribution is 2.45. The summed E-state index contributed by atoms with van der Waals surface area (Å²) in [5, 5.41) is 3.37. The van der Waals surface area contributed by atoms with Crippen LogP contribution in [0.1, 0.15) is 30.9 Å². The molecular formula is C17H24N2O2. The molecule has 2 fully saturated rings. The topological polar surface area (TPSA) is 33.7 Å². The van der Waals surface area contributed by atoms with Gasteiger partial charge < -0.3 is 14.8 Å². The summed E-state index contributed by atoms with van der Waals surface area (Å²) in [6.07, 6.45) is 4.02. The molecule has 0 aromatic heterocycles. The van der Waals surface area contributed by atoms with Crippen molar-refractivity contribution in [2.75, 3.05) is 33.4 Å². The molecule has 4 heteroatoms. The molecule has 1 aromatic carbocycles. The molecule has 2 aliphatic heterocycles. The van der Waals surface area contributed by atoms with Gasteiger partial charge in [-0.2, -0.15) is 0 Å². The van der Waals surface area contributed by atoms with E-state index in [-0.39, 0.29) is 0 Å². The van der Waals surface area contributed by atoms with Gasteiger partial charge in [0.05, 0.1) is 0 Å². The molecule has 4 nitrogen and oxygen atoms in total. The van der Waals surface area contributed by atoms with Crippen molar-refractivity contribution in [1.29, 1.82) is 0 Å². The molecule has 4 rings (SSSR count). The SMILES string of the molecule is CNCC1CCN(C2CC2)C1c1ccc2c(c1)OCCO2. The third kappa shape index (κ3) is 2.51. The van der Waals surface area contributed by atoms with E-state index in [9.17, 15) is 0 Å². The highest BCUT2D eigenvalue weighted by atomic mass is 16.6. The minimum absolute atomic E-state index is 0.528. The zero-order chi connectivity index (χ0) is 14.2. The zero-order valence-electron chi connectivity index (χ0n) is 12.7. The second-order valence-electron chi connectivity index (χ2n) is 6.42. The maximum Gasteiger partial charge on any atom is 0.161 e. The smallest absolute Gasteiger partial charge is 0.161 e. The molecule has 1 N–H and O–H groups in total. The minimum atomic E-state index is 0.528. The lowest BCUT2D eigenvalue weighted by molar-refractivity contribution is 0.169. The molecule has 1 aromatic rings. The van der Waals surface area contributed by atoms with Gasteiger partial charge in [-0.1, -0.05) is 6.07 Å². The monoisotopic (exact) mass is 288 g/mol. The van der Waals surface area contributed by atoms with Gasteiger partial charge in [0.25, 0.3) is 0 Å². The Hall–Kier alpha value is -1.26. The number of likely N-dealkylation sites (tertiary alicyclic amines) is 1.